The van der Waals surface area contributed by atoms with Gasteiger partial charge in [0.1, 0.15) is 11.9 Å². The van der Waals surface area contributed by atoms with Crippen molar-refractivity contribution in [1.29, 1.82) is 0 Å². The lowest BCUT2D eigenvalue weighted by Crippen LogP contribution is -2.43. The van der Waals surface area contributed by atoms with Gasteiger partial charge in [0.25, 0.3) is 0 Å². The third-order valence-electron chi connectivity index (χ3n) is 4.53. The van der Waals surface area contributed by atoms with Crippen LogP contribution in [0.4, 0.5) is 5.69 Å². The maximum Gasteiger partial charge on any atom is 0.145 e. The predicted octanol–water partition coefficient (Wildman–Crippen LogP) is 2.82. The molecule has 1 N–H and O–H groups in total. The number of nitrogens with zero attached hydrogens (tertiary/aromatic N) is 2. The fourth-order valence-electron chi connectivity index (χ4n) is 3.34. The number of hydrogen-bond acceptors (Lipinski definition) is 5. The number of methoxy groups -OCH3 is 1. The molecule has 1 unspecified atom stereocenters. The van der Waals surface area contributed by atoms with E-state index in [2.05, 4.69) is 33.4 Å². The molecule has 1 aromatic carbocycles. The van der Waals surface area contributed by atoms with Crippen LogP contribution in [0.3, 0.4) is 0 Å². The van der Waals surface area contributed by atoms with Crippen molar-refractivity contribution in [3.63, 3.8) is 0 Å². The van der Waals surface area contributed by atoms with Crippen LogP contribution in [-0.2, 0) is 11.2 Å². The van der Waals surface area contributed by atoms with E-state index in [-0.39, 0.29) is 6.10 Å². The zero-order chi connectivity index (χ0) is 17.5. The normalized spacial score (nSPS) is 15.8. The molecule has 1 fully saturated rings. The van der Waals surface area contributed by atoms with Crippen LogP contribution >= 0.6 is 0 Å². The van der Waals surface area contributed by atoms with E-state index in [0.717, 1.165) is 55.3 Å². The Morgan fingerprint density at radius 2 is 2.00 bits per heavy atom. The summed E-state index contributed by atoms with van der Waals surface area (Å²) in [5, 5.41) is 3.40. The number of anilines is 1. The predicted molar refractivity (Wildman–Crippen MR) is 100 cm³/mol. The third kappa shape index (κ3) is 4.30. The summed E-state index contributed by atoms with van der Waals surface area (Å²) in [5.74, 6) is 0.949. The van der Waals surface area contributed by atoms with Gasteiger partial charge < -0.3 is 19.7 Å². The summed E-state index contributed by atoms with van der Waals surface area (Å²) >= 11 is 0. The monoisotopic (exact) mass is 341 g/mol. The smallest absolute Gasteiger partial charge is 0.145 e. The molecule has 1 atom stereocenters. The molecule has 0 spiro atoms. The highest BCUT2D eigenvalue weighted by Gasteiger charge is 2.21. The molecule has 1 saturated heterocycles. The second-order valence-electron chi connectivity index (χ2n) is 6.11. The van der Waals surface area contributed by atoms with Gasteiger partial charge in [-0.2, -0.15) is 0 Å². The number of benzene rings is 1. The van der Waals surface area contributed by atoms with E-state index in [1.54, 1.807) is 7.11 Å². The fourth-order valence-corrected chi connectivity index (χ4v) is 3.34. The van der Waals surface area contributed by atoms with E-state index in [9.17, 15) is 0 Å². The maximum atomic E-state index is 5.98. The Kier molecular flexibility index (Phi) is 6.25. The lowest BCUT2D eigenvalue weighted by Gasteiger charge is -2.31. The summed E-state index contributed by atoms with van der Waals surface area (Å²) in [6.07, 6.45) is 2.49. The fraction of sp³-hybridized carbons (Fsp3) is 0.450. The van der Waals surface area contributed by atoms with Crippen LogP contribution in [0.1, 0.15) is 24.3 Å². The van der Waals surface area contributed by atoms with Crippen molar-refractivity contribution in [2.24, 2.45) is 0 Å². The minimum Gasteiger partial charge on any atom is -0.494 e. The van der Waals surface area contributed by atoms with E-state index in [1.807, 2.05) is 31.3 Å². The maximum absolute atomic E-state index is 5.98. The molecule has 0 saturated carbocycles. The van der Waals surface area contributed by atoms with Gasteiger partial charge in [0.15, 0.2) is 0 Å². The average Bonchev–Trinajstić information content (AvgIpc) is 2.69. The van der Waals surface area contributed by atoms with Crippen molar-refractivity contribution in [3.8, 4) is 5.75 Å². The first-order chi connectivity index (χ1) is 12.3. The molecule has 2 heterocycles. The van der Waals surface area contributed by atoms with Crippen LogP contribution < -0.4 is 15.0 Å². The van der Waals surface area contributed by atoms with Gasteiger partial charge in [-0.25, -0.2) is 0 Å². The first-order valence-corrected chi connectivity index (χ1v) is 8.97. The number of nitrogens with one attached hydrogen (secondary N) is 1. The van der Waals surface area contributed by atoms with E-state index in [0.29, 0.717) is 6.61 Å². The van der Waals surface area contributed by atoms with Crippen LogP contribution in [0.5, 0.6) is 5.75 Å². The van der Waals surface area contributed by atoms with Crippen molar-refractivity contribution in [3.05, 3.63) is 53.9 Å². The first-order valence-electron chi connectivity index (χ1n) is 8.97. The molecule has 134 valence electrons. The molecule has 2 aromatic rings. The van der Waals surface area contributed by atoms with E-state index in [4.69, 9.17) is 9.47 Å². The number of rotatable bonds is 7. The van der Waals surface area contributed by atoms with Gasteiger partial charge in [-0.3, -0.25) is 4.98 Å². The van der Waals surface area contributed by atoms with Crippen LogP contribution in [-0.4, -0.2) is 44.9 Å². The summed E-state index contributed by atoms with van der Waals surface area (Å²) in [6, 6.07) is 12.3. The van der Waals surface area contributed by atoms with Crippen LogP contribution in [0.2, 0.25) is 0 Å². The van der Waals surface area contributed by atoms with Crippen LogP contribution in [0.15, 0.2) is 42.6 Å². The molecule has 1 aliphatic rings. The van der Waals surface area contributed by atoms with Crippen molar-refractivity contribution in [2.45, 2.75) is 19.4 Å². The van der Waals surface area contributed by atoms with Crippen LogP contribution in [0, 0.1) is 0 Å². The highest BCUT2D eigenvalue weighted by molar-refractivity contribution is 5.62. The number of pyridine rings is 1. The molecule has 5 heteroatoms. The molecular weight excluding hydrogens is 314 g/mol. The number of piperazine rings is 1. The second kappa shape index (κ2) is 8.83. The SMILES string of the molecule is CCOC(Cc1cccc(N2CCNCC2)c1OC)c1ccccn1. The summed E-state index contributed by atoms with van der Waals surface area (Å²) < 4.78 is 11.8. The quantitative estimate of drug-likeness (QED) is 0.839. The largest absolute Gasteiger partial charge is 0.494 e. The average molecular weight is 341 g/mol. The Morgan fingerprint density at radius 1 is 1.16 bits per heavy atom. The van der Waals surface area contributed by atoms with Gasteiger partial charge in [-0.05, 0) is 30.7 Å². The number of hydrogen-bond donors (Lipinski definition) is 1. The van der Waals surface area contributed by atoms with Gasteiger partial charge in [0, 0.05) is 45.4 Å². The van der Waals surface area contributed by atoms with Crippen molar-refractivity contribution < 1.29 is 9.47 Å². The zero-order valence-electron chi connectivity index (χ0n) is 15.1. The number of para-hydroxylation sites is 1. The van der Waals surface area contributed by atoms with E-state index in [1.165, 1.54) is 0 Å². The highest BCUT2D eigenvalue weighted by Crippen LogP contribution is 2.35. The molecule has 0 aliphatic carbocycles. The molecule has 5 nitrogen and oxygen atoms in total. The Balaban J connectivity index is 1.87. The van der Waals surface area contributed by atoms with Gasteiger partial charge in [0.05, 0.1) is 18.5 Å². The summed E-state index contributed by atoms with van der Waals surface area (Å²) in [4.78, 5) is 6.86. The minimum atomic E-state index is -0.0710. The lowest BCUT2D eigenvalue weighted by molar-refractivity contribution is 0.0593. The van der Waals surface area contributed by atoms with Crippen molar-refractivity contribution >= 4 is 5.69 Å². The van der Waals surface area contributed by atoms with Gasteiger partial charge in [-0.1, -0.05) is 18.2 Å². The molecule has 1 aromatic heterocycles. The Labute approximate surface area is 150 Å². The number of ether oxygens (including phenoxy) is 2. The standard InChI is InChI=1S/C20H27N3O2/c1-3-25-19(17-8-4-5-10-22-17)15-16-7-6-9-18(20(16)24-2)23-13-11-21-12-14-23/h4-10,19,21H,3,11-15H2,1-2H3. The first kappa shape index (κ1) is 17.7. The number of aromatic nitrogens is 1. The Hall–Kier alpha value is -2.11. The van der Waals surface area contributed by atoms with Crippen LogP contribution in [0.25, 0.3) is 0 Å². The molecule has 3 rings (SSSR count). The van der Waals surface area contributed by atoms with Gasteiger partial charge in [-0.15, -0.1) is 0 Å². The summed E-state index contributed by atoms with van der Waals surface area (Å²) in [5.41, 5.74) is 3.28. The van der Waals surface area contributed by atoms with Crippen molar-refractivity contribution in [1.82, 2.24) is 10.3 Å². The van der Waals surface area contributed by atoms with Crippen molar-refractivity contribution in [2.75, 3.05) is 44.8 Å². The third-order valence-corrected chi connectivity index (χ3v) is 4.53. The molecule has 0 bridgehead atoms. The molecule has 1 aliphatic heterocycles. The minimum absolute atomic E-state index is 0.0710. The molecule has 25 heavy (non-hydrogen) atoms. The molecule has 0 radical (unpaired) electrons. The molecule has 0 amide bonds. The highest BCUT2D eigenvalue weighted by atomic mass is 16.5. The van der Waals surface area contributed by atoms with Gasteiger partial charge in [0.2, 0.25) is 0 Å². The Morgan fingerprint density at radius 3 is 2.68 bits per heavy atom. The molecular formula is C20H27N3O2. The van der Waals surface area contributed by atoms with E-state index >= 15 is 0 Å². The summed E-state index contributed by atoms with van der Waals surface area (Å²) in [6.45, 7) is 6.67. The topological polar surface area (TPSA) is 46.6 Å². The van der Waals surface area contributed by atoms with E-state index < -0.39 is 0 Å². The lowest BCUT2D eigenvalue weighted by atomic mass is 10.0. The zero-order valence-corrected chi connectivity index (χ0v) is 15.1. The Bertz CT molecular complexity index is 657. The summed E-state index contributed by atoms with van der Waals surface area (Å²) in [7, 11) is 1.75. The van der Waals surface area contributed by atoms with Gasteiger partial charge >= 0.3 is 0 Å². The second-order valence-corrected chi connectivity index (χ2v) is 6.11.